The molecule has 1 aromatic heterocycles. The summed E-state index contributed by atoms with van der Waals surface area (Å²) in [4.78, 5) is 11.9. The Morgan fingerprint density at radius 3 is 2.53 bits per heavy atom. The molecule has 5 heteroatoms. The minimum absolute atomic E-state index is 0.495. The van der Waals surface area contributed by atoms with Crippen molar-refractivity contribution in [2.75, 3.05) is 30.9 Å². The summed E-state index contributed by atoms with van der Waals surface area (Å²) in [5.74, 6) is 2.71. The normalized spacial score (nSPS) is 21.2. The lowest BCUT2D eigenvalue weighted by molar-refractivity contribution is 0.323. The van der Waals surface area contributed by atoms with Gasteiger partial charge < -0.3 is 15.5 Å². The van der Waals surface area contributed by atoms with Crippen LogP contribution in [0.2, 0.25) is 0 Å². The highest BCUT2D eigenvalue weighted by molar-refractivity contribution is 5.52. The molecule has 30 heavy (non-hydrogen) atoms. The summed E-state index contributed by atoms with van der Waals surface area (Å²) in [6.45, 7) is 4.28. The monoisotopic (exact) mass is 407 g/mol. The number of nitrogens with zero attached hydrogens (tertiary/aromatic N) is 3. The first kappa shape index (κ1) is 21.1. The third-order valence-corrected chi connectivity index (χ3v) is 6.77. The van der Waals surface area contributed by atoms with Gasteiger partial charge in [-0.25, -0.2) is 4.98 Å². The number of hydrogen-bond acceptors (Lipinski definition) is 5. The third kappa shape index (κ3) is 5.12. The van der Waals surface area contributed by atoms with Crippen LogP contribution >= 0.6 is 0 Å². The van der Waals surface area contributed by atoms with Crippen LogP contribution in [0.15, 0.2) is 24.3 Å². The van der Waals surface area contributed by atoms with Crippen molar-refractivity contribution >= 4 is 11.8 Å². The summed E-state index contributed by atoms with van der Waals surface area (Å²) >= 11 is 0. The molecule has 0 saturated heterocycles. The van der Waals surface area contributed by atoms with Crippen LogP contribution in [0, 0.1) is 12.8 Å². The largest absolute Gasteiger partial charge is 0.362 e. The van der Waals surface area contributed by atoms with Crippen molar-refractivity contribution in [1.29, 1.82) is 0 Å². The van der Waals surface area contributed by atoms with Crippen LogP contribution in [0.25, 0.3) is 0 Å². The van der Waals surface area contributed by atoms with Crippen molar-refractivity contribution in [2.45, 2.75) is 70.9 Å². The minimum atomic E-state index is 0.495. The van der Waals surface area contributed by atoms with E-state index in [4.69, 9.17) is 9.97 Å². The third-order valence-electron chi connectivity index (χ3n) is 6.77. The molecule has 1 saturated carbocycles. The van der Waals surface area contributed by atoms with E-state index < -0.39 is 0 Å². The Hall–Kier alpha value is -2.14. The van der Waals surface area contributed by atoms with Gasteiger partial charge in [0.15, 0.2) is 0 Å². The van der Waals surface area contributed by atoms with Gasteiger partial charge >= 0.3 is 0 Å². The van der Waals surface area contributed by atoms with Gasteiger partial charge in [-0.2, -0.15) is 4.98 Å². The highest BCUT2D eigenvalue weighted by Gasteiger charge is 2.24. The lowest BCUT2D eigenvalue weighted by Crippen LogP contribution is -2.32. The molecule has 1 aromatic carbocycles. The van der Waals surface area contributed by atoms with Gasteiger partial charge in [0, 0.05) is 32.2 Å². The number of anilines is 2. The molecule has 4 rings (SSSR count). The maximum absolute atomic E-state index is 4.90. The van der Waals surface area contributed by atoms with Crippen LogP contribution in [-0.2, 0) is 19.4 Å². The van der Waals surface area contributed by atoms with Gasteiger partial charge in [-0.05, 0) is 81.9 Å². The number of nitrogens with one attached hydrogen (secondary N) is 2. The van der Waals surface area contributed by atoms with Gasteiger partial charge in [-0.15, -0.1) is 0 Å². The number of fused-ring (bicyclic) bond motifs is 1. The average Bonchev–Trinajstić information content (AvgIpc) is 2.75. The maximum Gasteiger partial charge on any atom is 0.225 e. The van der Waals surface area contributed by atoms with Gasteiger partial charge in [-0.3, -0.25) is 0 Å². The first-order chi connectivity index (χ1) is 14.6. The van der Waals surface area contributed by atoms with Crippen LogP contribution < -0.4 is 15.5 Å². The van der Waals surface area contributed by atoms with Crippen LogP contribution in [0.5, 0.6) is 0 Å². The molecule has 0 bridgehead atoms. The van der Waals surface area contributed by atoms with Crippen LogP contribution in [0.1, 0.15) is 60.9 Å². The standard InChI is InChI=1S/C25H37N5/c1-18-8-4-5-9-20(18)17-26-16-19-12-14-21(15-13-19)27-25-28-23-11-7-6-10-22(23)24(29-25)30(2)3/h4-5,8-9,19,21,26H,6-7,10-17H2,1-3H3,(H,27,28,29). The van der Waals surface area contributed by atoms with Crippen molar-refractivity contribution in [3.63, 3.8) is 0 Å². The summed E-state index contributed by atoms with van der Waals surface area (Å²) in [6, 6.07) is 9.16. The van der Waals surface area contributed by atoms with E-state index in [0.717, 1.165) is 43.6 Å². The average molecular weight is 408 g/mol. The molecule has 5 nitrogen and oxygen atoms in total. The van der Waals surface area contributed by atoms with E-state index in [1.54, 1.807) is 0 Å². The first-order valence-electron chi connectivity index (χ1n) is 11.7. The van der Waals surface area contributed by atoms with Crippen LogP contribution in [0.3, 0.4) is 0 Å². The van der Waals surface area contributed by atoms with Crippen molar-refractivity contribution in [3.05, 3.63) is 46.6 Å². The van der Waals surface area contributed by atoms with Gasteiger partial charge in [-0.1, -0.05) is 24.3 Å². The van der Waals surface area contributed by atoms with Gasteiger partial charge in [0.05, 0.1) is 5.69 Å². The Kier molecular flexibility index (Phi) is 6.88. The molecule has 0 aliphatic heterocycles. The second kappa shape index (κ2) is 9.78. The number of aromatic nitrogens is 2. The zero-order valence-electron chi connectivity index (χ0n) is 18.9. The Bertz CT molecular complexity index is 839. The second-order valence-electron chi connectivity index (χ2n) is 9.32. The number of rotatable bonds is 7. The van der Waals surface area contributed by atoms with Crippen molar-refractivity contribution in [3.8, 4) is 0 Å². The predicted molar refractivity (Wildman–Crippen MR) is 125 cm³/mol. The molecular weight excluding hydrogens is 370 g/mol. The summed E-state index contributed by atoms with van der Waals surface area (Å²) in [6.07, 6.45) is 9.65. The number of aryl methyl sites for hydroxylation is 2. The molecule has 2 aliphatic rings. The first-order valence-corrected chi connectivity index (χ1v) is 11.7. The van der Waals surface area contributed by atoms with E-state index >= 15 is 0 Å². The Morgan fingerprint density at radius 1 is 1.00 bits per heavy atom. The molecule has 0 amide bonds. The van der Waals surface area contributed by atoms with Crippen LogP contribution in [-0.4, -0.2) is 36.6 Å². The van der Waals surface area contributed by atoms with Crippen LogP contribution in [0.4, 0.5) is 11.8 Å². The summed E-state index contributed by atoms with van der Waals surface area (Å²) < 4.78 is 0. The quantitative estimate of drug-likeness (QED) is 0.708. The Balaban J connectivity index is 1.28. The minimum Gasteiger partial charge on any atom is -0.362 e. The number of benzene rings is 1. The van der Waals surface area contributed by atoms with E-state index in [2.05, 4.69) is 60.8 Å². The Labute approximate surface area is 181 Å². The lowest BCUT2D eigenvalue weighted by Gasteiger charge is -2.30. The molecule has 2 aliphatic carbocycles. The summed E-state index contributed by atoms with van der Waals surface area (Å²) in [5.41, 5.74) is 5.41. The fourth-order valence-electron chi connectivity index (χ4n) is 4.92. The molecular formula is C25H37N5. The SMILES string of the molecule is Cc1ccccc1CNCC1CCC(Nc2nc3c(c(N(C)C)n2)CCCC3)CC1. The molecule has 2 aromatic rings. The zero-order chi connectivity index (χ0) is 20.9. The lowest BCUT2D eigenvalue weighted by atomic mass is 9.86. The molecule has 0 spiro atoms. The summed E-state index contributed by atoms with van der Waals surface area (Å²) in [7, 11) is 4.19. The molecule has 1 fully saturated rings. The van der Waals surface area contributed by atoms with Crippen molar-refractivity contribution in [1.82, 2.24) is 15.3 Å². The highest BCUT2D eigenvalue weighted by atomic mass is 15.2. The molecule has 0 atom stereocenters. The van der Waals surface area contributed by atoms with E-state index in [-0.39, 0.29) is 0 Å². The van der Waals surface area contributed by atoms with E-state index in [9.17, 15) is 0 Å². The molecule has 0 radical (unpaired) electrons. The van der Waals surface area contributed by atoms with E-state index in [0.29, 0.717) is 6.04 Å². The van der Waals surface area contributed by atoms with Crippen molar-refractivity contribution in [2.24, 2.45) is 5.92 Å². The highest BCUT2D eigenvalue weighted by Crippen LogP contribution is 2.30. The molecule has 0 unspecified atom stereocenters. The van der Waals surface area contributed by atoms with E-state index in [1.165, 1.54) is 60.9 Å². The van der Waals surface area contributed by atoms with Gasteiger partial charge in [0.2, 0.25) is 5.95 Å². The molecule has 2 N–H and O–H groups in total. The maximum atomic E-state index is 4.90. The van der Waals surface area contributed by atoms with Gasteiger partial charge in [0.25, 0.3) is 0 Å². The predicted octanol–water partition coefficient (Wildman–Crippen LogP) is 4.49. The summed E-state index contributed by atoms with van der Waals surface area (Å²) in [5, 5.41) is 7.35. The molecule has 162 valence electrons. The fourth-order valence-corrected chi connectivity index (χ4v) is 4.92. The van der Waals surface area contributed by atoms with Crippen molar-refractivity contribution < 1.29 is 0 Å². The topological polar surface area (TPSA) is 53.1 Å². The zero-order valence-corrected chi connectivity index (χ0v) is 18.9. The Morgan fingerprint density at radius 2 is 1.77 bits per heavy atom. The smallest absolute Gasteiger partial charge is 0.225 e. The molecule has 1 heterocycles. The number of hydrogen-bond donors (Lipinski definition) is 2. The van der Waals surface area contributed by atoms with E-state index in [1.807, 2.05) is 0 Å². The van der Waals surface area contributed by atoms with Gasteiger partial charge in [0.1, 0.15) is 5.82 Å². The fraction of sp³-hybridized carbons (Fsp3) is 0.600. The second-order valence-corrected chi connectivity index (χ2v) is 9.32.